The largest absolute Gasteiger partial charge is 0.462 e. The second kappa shape index (κ2) is 30.2. The van der Waals surface area contributed by atoms with Gasteiger partial charge in [0.1, 0.15) is 6.61 Å². The number of hydrogen-bond donors (Lipinski definition) is 1. The average molecular weight is 539 g/mol. The lowest BCUT2D eigenvalue weighted by molar-refractivity contribution is -0.161. The van der Waals surface area contributed by atoms with E-state index in [1.54, 1.807) is 0 Å². The zero-order valence-corrected chi connectivity index (χ0v) is 25.2. The van der Waals surface area contributed by atoms with E-state index in [-0.39, 0.29) is 25.2 Å². The van der Waals surface area contributed by atoms with Crippen molar-refractivity contribution < 1.29 is 24.2 Å². The van der Waals surface area contributed by atoms with E-state index in [0.29, 0.717) is 12.8 Å². The fraction of sp³-hybridized carbons (Fsp3) is 0.879. The van der Waals surface area contributed by atoms with Crippen molar-refractivity contribution in [2.24, 2.45) is 0 Å². The van der Waals surface area contributed by atoms with Gasteiger partial charge in [-0.1, -0.05) is 129 Å². The van der Waals surface area contributed by atoms with E-state index in [0.717, 1.165) is 44.9 Å². The van der Waals surface area contributed by atoms with Gasteiger partial charge in [0.2, 0.25) is 0 Å². The molecule has 5 nitrogen and oxygen atoms in total. The highest BCUT2D eigenvalue weighted by molar-refractivity contribution is 5.70. The summed E-state index contributed by atoms with van der Waals surface area (Å²) in [4.78, 5) is 24.0. The number of aliphatic hydroxyl groups excluding tert-OH is 1. The Balaban J connectivity index is 3.59. The number of carbonyl (C=O) groups excluding carboxylic acids is 2. The van der Waals surface area contributed by atoms with E-state index in [4.69, 9.17) is 9.47 Å². The number of rotatable bonds is 29. The lowest BCUT2D eigenvalue weighted by Gasteiger charge is -2.15. The van der Waals surface area contributed by atoms with Crippen molar-refractivity contribution in [1.82, 2.24) is 0 Å². The van der Waals surface area contributed by atoms with Crippen LogP contribution in [0.15, 0.2) is 12.2 Å². The summed E-state index contributed by atoms with van der Waals surface area (Å²) >= 11 is 0. The lowest BCUT2D eigenvalue weighted by atomic mass is 10.1. The van der Waals surface area contributed by atoms with Crippen molar-refractivity contribution in [3.05, 3.63) is 12.2 Å². The lowest BCUT2D eigenvalue weighted by Crippen LogP contribution is -2.28. The predicted molar refractivity (Wildman–Crippen MR) is 159 cm³/mol. The highest BCUT2D eigenvalue weighted by Crippen LogP contribution is 2.13. The first-order valence-electron chi connectivity index (χ1n) is 16.2. The second-order valence-corrected chi connectivity index (χ2v) is 10.9. The monoisotopic (exact) mass is 538 g/mol. The first-order valence-corrected chi connectivity index (χ1v) is 16.2. The molecule has 224 valence electrons. The minimum atomic E-state index is -0.766. The molecular weight excluding hydrogens is 476 g/mol. The molecule has 0 amide bonds. The quantitative estimate of drug-likeness (QED) is 0.0583. The fourth-order valence-corrected chi connectivity index (χ4v) is 4.55. The van der Waals surface area contributed by atoms with Crippen LogP contribution < -0.4 is 0 Å². The minimum Gasteiger partial charge on any atom is -0.462 e. The van der Waals surface area contributed by atoms with Crippen molar-refractivity contribution in [1.29, 1.82) is 0 Å². The highest BCUT2D eigenvalue weighted by Gasteiger charge is 2.16. The van der Waals surface area contributed by atoms with E-state index in [9.17, 15) is 14.7 Å². The van der Waals surface area contributed by atoms with Crippen LogP contribution in [-0.4, -0.2) is 36.4 Å². The number of carbonyl (C=O) groups is 2. The first kappa shape index (κ1) is 36.6. The van der Waals surface area contributed by atoms with Gasteiger partial charge >= 0.3 is 11.9 Å². The zero-order chi connectivity index (χ0) is 27.9. The molecule has 0 heterocycles. The predicted octanol–water partition coefficient (Wildman–Crippen LogP) is 9.39. The molecule has 0 unspecified atom stereocenters. The highest BCUT2D eigenvalue weighted by atomic mass is 16.6. The minimum absolute atomic E-state index is 0.0644. The normalized spacial score (nSPS) is 12.2. The number of unbranched alkanes of at least 4 members (excludes halogenated alkanes) is 19. The first-order chi connectivity index (χ1) is 18.6. The van der Waals surface area contributed by atoms with Gasteiger partial charge in [0, 0.05) is 12.8 Å². The van der Waals surface area contributed by atoms with Crippen molar-refractivity contribution in [3.8, 4) is 0 Å². The SMILES string of the molecule is CCCCCCC/C=C\CCCCCCCC(=O)O[C@@H](CO)COC(=O)CCCCCCCCCCCC. The number of ether oxygens (including phenoxy) is 2. The second-order valence-electron chi connectivity index (χ2n) is 10.9. The van der Waals surface area contributed by atoms with Gasteiger partial charge in [0.05, 0.1) is 6.61 Å². The van der Waals surface area contributed by atoms with Crippen LogP contribution in [0.5, 0.6) is 0 Å². The van der Waals surface area contributed by atoms with Gasteiger partial charge < -0.3 is 14.6 Å². The average Bonchev–Trinajstić information content (AvgIpc) is 2.92. The molecule has 0 aromatic rings. The Kier molecular flexibility index (Phi) is 29.1. The maximum Gasteiger partial charge on any atom is 0.306 e. The molecule has 1 atom stereocenters. The number of esters is 2. The summed E-state index contributed by atoms with van der Waals surface area (Å²) < 4.78 is 10.5. The molecule has 0 rings (SSSR count). The van der Waals surface area contributed by atoms with E-state index in [2.05, 4.69) is 26.0 Å². The van der Waals surface area contributed by atoms with Crippen LogP contribution in [0.4, 0.5) is 0 Å². The summed E-state index contributed by atoms with van der Waals surface area (Å²) in [5.74, 6) is -0.599. The van der Waals surface area contributed by atoms with Crippen LogP contribution in [0.1, 0.15) is 168 Å². The molecule has 0 spiro atoms. The molecule has 0 saturated carbocycles. The maximum absolute atomic E-state index is 12.1. The maximum atomic E-state index is 12.1. The smallest absolute Gasteiger partial charge is 0.306 e. The van der Waals surface area contributed by atoms with Gasteiger partial charge in [-0.15, -0.1) is 0 Å². The molecule has 0 aliphatic rings. The Morgan fingerprint density at radius 2 is 0.974 bits per heavy atom. The van der Waals surface area contributed by atoms with Crippen LogP contribution in [0, 0.1) is 0 Å². The van der Waals surface area contributed by atoms with Crippen LogP contribution in [-0.2, 0) is 19.1 Å². The third-order valence-electron chi connectivity index (χ3n) is 7.06. The topological polar surface area (TPSA) is 72.8 Å². The molecule has 5 heteroatoms. The molecule has 0 radical (unpaired) electrons. The Hall–Kier alpha value is -1.36. The van der Waals surface area contributed by atoms with E-state index in [1.807, 2.05) is 0 Å². The molecular formula is C33H62O5. The van der Waals surface area contributed by atoms with Gasteiger partial charge in [-0.05, 0) is 38.5 Å². The molecule has 0 aliphatic heterocycles. The van der Waals surface area contributed by atoms with Crippen molar-refractivity contribution in [3.63, 3.8) is 0 Å². The fourth-order valence-electron chi connectivity index (χ4n) is 4.55. The van der Waals surface area contributed by atoms with Gasteiger partial charge in [0.25, 0.3) is 0 Å². The van der Waals surface area contributed by atoms with Gasteiger partial charge in [-0.3, -0.25) is 9.59 Å². The van der Waals surface area contributed by atoms with E-state index < -0.39 is 6.10 Å². The molecule has 0 fully saturated rings. The van der Waals surface area contributed by atoms with Gasteiger partial charge in [-0.2, -0.15) is 0 Å². The molecule has 0 bridgehead atoms. The zero-order valence-electron chi connectivity index (χ0n) is 25.2. The summed E-state index contributed by atoms with van der Waals surface area (Å²) in [6.07, 6.45) is 31.2. The standard InChI is InChI=1S/C33H62O5/c1-3-5-7-9-11-13-15-16-17-18-20-22-24-26-28-33(36)38-31(29-34)30-37-32(35)27-25-23-21-19-14-12-10-8-6-4-2/h15-16,31,34H,3-14,17-30H2,1-2H3/b16-15-/t31-/m0/s1. The van der Waals surface area contributed by atoms with Crippen LogP contribution in [0.2, 0.25) is 0 Å². The molecule has 0 aliphatic carbocycles. The van der Waals surface area contributed by atoms with Gasteiger partial charge in [0.15, 0.2) is 6.10 Å². The summed E-state index contributed by atoms with van der Waals surface area (Å²) in [7, 11) is 0. The molecule has 0 aromatic heterocycles. The Morgan fingerprint density at radius 1 is 0.579 bits per heavy atom. The van der Waals surface area contributed by atoms with Crippen molar-refractivity contribution in [2.45, 2.75) is 174 Å². The summed E-state index contributed by atoms with van der Waals surface area (Å²) in [6.45, 7) is 4.09. The van der Waals surface area contributed by atoms with E-state index in [1.165, 1.54) is 96.3 Å². The van der Waals surface area contributed by atoms with Crippen LogP contribution >= 0.6 is 0 Å². The Morgan fingerprint density at radius 3 is 1.42 bits per heavy atom. The Labute approximate surface area is 235 Å². The molecule has 38 heavy (non-hydrogen) atoms. The third kappa shape index (κ3) is 27.7. The van der Waals surface area contributed by atoms with Gasteiger partial charge in [-0.25, -0.2) is 0 Å². The van der Waals surface area contributed by atoms with E-state index >= 15 is 0 Å². The Bertz CT molecular complexity index is 546. The van der Waals surface area contributed by atoms with Crippen LogP contribution in [0.25, 0.3) is 0 Å². The molecule has 1 N–H and O–H groups in total. The summed E-state index contributed by atoms with van der Waals surface area (Å²) in [5.41, 5.74) is 0. The number of aliphatic hydroxyl groups is 1. The van der Waals surface area contributed by atoms with Crippen LogP contribution in [0.3, 0.4) is 0 Å². The number of allylic oxidation sites excluding steroid dienone is 2. The number of hydrogen-bond acceptors (Lipinski definition) is 5. The van der Waals surface area contributed by atoms with Crippen molar-refractivity contribution >= 4 is 11.9 Å². The summed E-state index contributed by atoms with van der Waals surface area (Å²) in [6, 6.07) is 0. The molecule has 0 aromatic carbocycles. The third-order valence-corrected chi connectivity index (χ3v) is 7.06. The molecule has 0 saturated heterocycles. The summed E-state index contributed by atoms with van der Waals surface area (Å²) in [5, 5.41) is 9.47. The van der Waals surface area contributed by atoms with Crippen molar-refractivity contribution in [2.75, 3.05) is 13.2 Å².